The molecule has 0 N–H and O–H groups in total. The molecule has 0 atom stereocenters. The van der Waals surface area contributed by atoms with Crippen molar-refractivity contribution in [1.29, 1.82) is 0 Å². The molecule has 5 nitrogen and oxygen atoms in total. The Morgan fingerprint density at radius 2 is 0.454 bits per heavy atom. The number of aromatic nitrogens is 3. The number of benzene rings is 17. The number of rotatable bonds is 5. The van der Waals surface area contributed by atoms with Crippen molar-refractivity contribution in [2.75, 3.05) is 9.80 Å². The van der Waals surface area contributed by atoms with Gasteiger partial charge in [-0.05, 0) is 155 Å². The lowest BCUT2D eigenvalue weighted by molar-refractivity contribution is 1.16. The van der Waals surface area contributed by atoms with Crippen molar-refractivity contribution in [3.8, 4) is 27.9 Å². The normalized spacial score (nSPS) is 12.8. The van der Waals surface area contributed by atoms with Crippen LogP contribution in [0.3, 0.4) is 0 Å². The molecule has 22 aromatic rings. The van der Waals surface area contributed by atoms with Crippen LogP contribution in [0.25, 0.3) is 169 Å². The Hall–Kier alpha value is -14.2. The summed E-state index contributed by atoms with van der Waals surface area (Å²) in [5.74, 6) is 0. The fraction of sp³-hybridized carbons (Fsp3) is 0. The zero-order valence-electron chi connectivity index (χ0n) is 58.6. The van der Waals surface area contributed by atoms with Crippen molar-refractivity contribution >= 4 is 198 Å². The van der Waals surface area contributed by atoms with Gasteiger partial charge in [0.05, 0.1) is 49.8 Å². The van der Waals surface area contributed by atoms with Crippen molar-refractivity contribution in [2.24, 2.45) is 0 Å². The van der Waals surface area contributed by atoms with Gasteiger partial charge >= 0.3 is 0 Å². The maximum absolute atomic E-state index is 2.64. The van der Waals surface area contributed by atoms with Gasteiger partial charge in [0, 0.05) is 88.0 Å². The van der Waals surface area contributed by atoms with Crippen LogP contribution < -0.4 is 26.2 Å². The highest BCUT2D eigenvalue weighted by molar-refractivity contribution is 7.00. The molecular weight excluding hydrogens is 1310 g/mol. The van der Waals surface area contributed by atoms with E-state index in [2.05, 4.69) is 399 Å². The lowest BCUT2D eigenvalue weighted by atomic mass is 9.33. The van der Waals surface area contributed by atoms with Gasteiger partial charge in [0.2, 0.25) is 0 Å². The average molecular weight is 1370 g/mol. The molecule has 0 radical (unpaired) electrons. The van der Waals surface area contributed by atoms with E-state index < -0.39 is 0 Å². The summed E-state index contributed by atoms with van der Waals surface area (Å²) in [5.41, 5.74) is 25.1. The number of hydrogen-bond donors (Lipinski definition) is 0. The van der Waals surface area contributed by atoms with Crippen LogP contribution in [0.15, 0.2) is 376 Å². The lowest BCUT2D eigenvalue weighted by Gasteiger charge is -2.44. The molecule has 108 heavy (non-hydrogen) atoms. The first-order chi connectivity index (χ1) is 53.6. The maximum atomic E-state index is 2.64. The van der Waals surface area contributed by atoms with Crippen molar-refractivity contribution in [1.82, 2.24) is 13.4 Å². The van der Waals surface area contributed by atoms with Crippen LogP contribution in [0.5, 0.6) is 0 Å². The molecule has 0 fully saturated rings. The minimum atomic E-state index is -0.343. The van der Waals surface area contributed by atoms with Gasteiger partial charge in [-0.15, -0.1) is 0 Å². The number of hydrogen-bond acceptors (Lipinski definition) is 2. The largest absolute Gasteiger partial charge is 0.311 e. The van der Waals surface area contributed by atoms with E-state index in [-0.39, 0.29) is 6.71 Å². The molecule has 0 amide bonds. The third kappa shape index (κ3) is 8.31. The Bertz CT molecular complexity index is 7290. The Morgan fingerprint density at radius 1 is 0.176 bits per heavy atom. The Labute approximate surface area is 621 Å². The fourth-order valence-electron chi connectivity index (χ4n) is 19.4. The third-order valence-corrected chi connectivity index (χ3v) is 23.9. The topological polar surface area (TPSA) is 20.2 Å². The van der Waals surface area contributed by atoms with Crippen LogP contribution >= 0.6 is 0 Å². The maximum Gasteiger partial charge on any atom is 0.252 e. The second kappa shape index (κ2) is 22.7. The second-order valence-corrected chi connectivity index (χ2v) is 29.3. The summed E-state index contributed by atoms with van der Waals surface area (Å²) in [6.45, 7) is -0.343. The molecule has 2 aliphatic heterocycles. The Balaban J connectivity index is 0.940. The summed E-state index contributed by atoms with van der Waals surface area (Å²) in [5, 5.41) is 21.5. The monoisotopic (exact) mass is 1370 g/mol. The molecule has 0 saturated heterocycles. The van der Waals surface area contributed by atoms with Crippen molar-refractivity contribution in [3.05, 3.63) is 376 Å². The smallest absolute Gasteiger partial charge is 0.252 e. The van der Waals surface area contributed by atoms with Crippen LogP contribution in [0.2, 0.25) is 0 Å². The summed E-state index contributed by atoms with van der Waals surface area (Å²) in [4.78, 5) is 5.29. The van der Waals surface area contributed by atoms with Crippen LogP contribution in [-0.4, -0.2) is 20.1 Å². The van der Waals surface area contributed by atoms with E-state index in [1.54, 1.807) is 0 Å². The van der Waals surface area contributed by atoms with E-state index in [1.807, 2.05) is 0 Å². The Morgan fingerprint density at radius 3 is 0.824 bits per heavy atom. The van der Waals surface area contributed by atoms with Gasteiger partial charge in [-0.3, -0.25) is 0 Å². The van der Waals surface area contributed by atoms with E-state index >= 15 is 0 Å². The molecular formula is C102H62BN5. The van der Waals surface area contributed by atoms with Crippen molar-refractivity contribution in [3.63, 3.8) is 0 Å². The molecule has 17 aromatic carbocycles. The standard InChI is InChI=1S/C102H62BN5/c1-3-25-63(26-4-1)65-49-53-67(54-50-65)104-96-61-94-86(76-35-13-9-31-72(76)70-29-7-11-33-74(70)82-41-23-43-84-80-39-17-21-47-92(80)107(94)101(82)84)59-88(96)103-89-60-87-77-36-14-10-32-73(77)71-30-8-12-34-75(71)83-42-24-44-85-81-40-18-22-48-93(81)108(102(83)85)95(87)62-97(89)105(68-55-51-66(52-56-68)64-27-5-2-6-28-64)99-58-69(57-98(104)100(99)103)106-90-45-19-15-37-78(90)79-38-16-20-46-91(79)106/h1-62H. The molecule has 498 valence electrons. The van der Waals surface area contributed by atoms with Crippen LogP contribution in [-0.2, 0) is 0 Å². The quantitative estimate of drug-likeness (QED) is 0.160. The predicted molar refractivity (Wildman–Crippen MR) is 460 cm³/mol. The first-order valence-corrected chi connectivity index (χ1v) is 37.5. The van der Waals surface area contributed by atoms with E-state index in [0.29, 0.717) is 0 Å². The molecule has 7 heterocycles. The van der Waals surface area contributed by atoms with E-state index in [1.165, 1.54) is 125 Å². The lowest BCUT2D eigenvalue weighted by Crippen LogP contribution is -2.61. The number of anilines is 6. The van der Waals surface area contributed by atoms with Crippen LogP contribution in [0, 0.1) is 0 Å². The van der Waals surface area contributed by atoms with Gasteiger partial charge in [-0.2, -0.15) is 0 Å². The zero-order chi connectivity index (χ0) is 70.4. The predicted octanol–water partition coefficient (Wildman–Crippen LogP) is 25.4. The molecule has 0 saturated carbocycles. The van der Waals surface area contributed by atoms with Gasteiger partial charge in [0.25, 0.3) is 6.71 Å². The van der Waals surface area contributed by atoms with Crippen molar-refractivity contribution in [2.45, 2.75) is 0 Å². The summed E-state index contributed by atoms with van der Waals surface area (Å²) in [7, 11) is 0. The van der Waals surface area contributed by atoms with Crippen molar-refractivity contribution < 1.29 is 0 Å². The van der Waals surface area contributed by atoms with Crippen LogP contribution in [0.4, 0.5) is 34.1 Å². The van der Waals surface area contributed by atoms with Gasteiger partial charge in [-0.1, -0.05) is 303 Å². The Kier molecular flexibility index (Phi) is 12.4. The summed E-state index contributed by atoms with van der Waals surface area (Å²) in [6.07, 6.45) is 0. The van der Waals surface area contributed by atoms with Gasteiger partial charge in [-0.25, -0.2) is 0 Å². The molecule has 5 aromatic heterocycles. The van der Waals surface area contributed by atoms with Gasteiger partial charge < -0.3 is 23.2 Å². The number of nitrogens with zero attached hydrogens (tertiary/aromatic N) is 5. The summed E-state index contributed by atoms with van der Waals surface area (Å²) < 4.78 is 7.78. The second-order valence-electron chi connectivity index (χ2n) is 29.3. The summed E-state index contributed by atoms with van der Waals surface area (Å²) in [6, 6.07) is 143. The third-order valence-electron chi connectivity index (χ3n) is 23.9. The average Bonchev–Trinajstić information content (AvgIpc) is 1.04. The van der Waals surface area contributed by atoms with E-state index in [4.69, 9.17) is 0 Å². The molecule has 0 spiro atoms. The number of para-hydroxylation sites is 6. The molecule has 0 unspecified atom stereocenters. The summed E-state index contributed by atoms with van der Waals surface area (Å²) >= 11 is 0. The first kappa shape index (κ1) is 59.2. The molecule has 24 rings (SSSR count). The molecule has 0 aliphatic carbocycles. The highest BCUT2D eigenvalue weighted by Gasteiger charge is 2.45. The molecule has 2 aliphatic rings. The van der Waals surface area contributed by atoms with E-state index in [9.17, 15) is 0 Å². The first-order valence-electron chi connectivity index (χ1n) is 37.5. The minimum absolute atomic E-state index is 0.343. The molecule has 0 bridgehead atoms. The molecule has 6 heteroatoms. The highest BCUT2D eigenvalue weighted by atomic mass is 15.2. The highest BCUT2D eigenvalue weighted by Crippen LogP contribution is 2.51. The van der Waals surface area contributed by atoms with E-state index in [0.717, 1.165) is 94.8 Å². The number of fused-ring (bicyclic) bond motifs is 27. The van der Waals surface area contributed by atoms with Gasteiger partial charge in [0.1, 0.15) is 0 Å². The van der Waals surface area contributed by atoms with Crippen LogP contribution in [0.1, 0.15) is 0 Å². The van der Waals surface area contributed by atoms with Gasteiger partial charge in [0.15, 0.2) is 0 Å². The fourth-order valence-corrected chi connectivity index (χ4v) is 19.4. The minimum Gasteiger partial charge on any atom is -0.311 e. The SMILES string of the molecule is c1ccc(-c2ccc(N3c4cc5c(cc4B4c6cc7c8ccccc8c8ccccc8c8cccc9c%10ccccc%10n(c7cc6N(c6ccc(-c7ccccc7)cc6)c6cc(-n7c%10ccccc%10c%10ccccc%107)cc3c64)c89)c3ccccc3c3ccccc3c3cccc4c6ccccc6n5c34)cc2)cc1. The zero-order valence-corrected chi connectivity index (χ0v) is 58.6.